The molecular weight excluding hydrogens is 391 g/mol. The molecule has 0 heterocycles. The van der Waals surface area contributed by atoms with Gasteiger partial charge in [0.2, 0.25) is 0 Å². The summed E-state index contributed by atoms with van der Waals surface area (Å²) in [5.41, 5.74) is 0.280. The lowest BCUT2D eigenvalue weighted by Crippen LogP contribution is -2.22. The van der Waals surface area contributed by atoms with Crippen LogP contribution in [-0.2, 0) is 4.79 Å². The van der Waals surface area contributed by atoms with Gasteiger partial charge in [0.15, 0.2) is 11.6 Å². The molecule has 1 amide bonds. The van der Waals surface area contributed by atoms with E-state index in [9.17, 15) is 22.8 Å². The van der Waals surface area contributed by atoms with E-state index >= 15 is 0 Å². The van der Waals surface area contributed by atoms with Crippen molar-refractivity contribution < 1.29 is 27.9 Å². The average Bonchev–Trinajstić information content (AvgIpc) is 2.67. The Morgan fingerprint density at radius 3 is 2.25 bits per heavy atom. The number of carboxylic acids is 1. The van der Waals surface area contributed by atoms with Crippen molar-refractivity contribution in [2.24, 2.45) is 5.92 Å². The number of hydrogen-bond acceptors (Lipinski definition) is 3. The molecule has 0 aromatic heterocycles. The quantitative estimate of drug-likeness (QED) is 0.722. The fourth-order valence-corrected chi connectivity index (χ4v) is 4.36. The number of carbonyl (C=O) groups excluding carboxylic acids is 1. The third-order valence-corrected chi connectivity index (χ3v) is 6.06. The van der Waals surface area contributed by atoms with Crippen molar-refractivity contribution in [3.8, 4) is 0 Å². The van der Waals surface area contributed by atoms with Crippen molar-refractivity contribution in [1.29, 1.82) is 0 Å². The molecule has 2 aromatic carbocycles. The molecule has 1 aliphatic rings. The molecule has 2 N–H and O–H groups in total. The van der Waals surface area contributed by atoms with E-state index in [-0.39, 0.29) is 22.4 Å². The summed E-state index contributed by atoms with van der Waals surface area (Å²) in [5, 5.41) is 11.6. The number of carbonyl (C=O) groups is 2. The first-order valence-corrected chi connectivity index (χ1v) is 9.67. The van der Waals surface area contributed by atoms with E-state index in [1.54, 1.807) is 0 Å². The van der Waals surface area contributed by atoms with Gasteiger partial charge in [-0.15, -0.1) is 11.8 Å². The minimum absolute atomic E-state index is 0.0783. The lowest BCUT2D eigenvalue weighted by molar-refractivity contribution is -0.142. The monoisotopic (exact) mass is 409 g/mol. The summed E-state index contributed by atoms with van der Waals surface area (Å²) in [5.74, 6) is -4.28. The summed E-state index contributed by atoms with van der Waals surface area (Å²) in [4.78, 5) is 23.7. The molecule has 3 rings (SSSR count). The Balaban J connectivity index is 1.68. The van der Waals surface area contributed by atoms with Crippen molar-refractivity contribution in [2.45, 2.75) is 35.8 Å². The molecule has 8 heteroatoms. The Hall–Kier alpha value is -2.48. The van der Waals surface area contributed by atoms with Gasteiger partial charge in [0.1, 0.15) is 5.82 Å². The average molecular weight is 409 g/mol. The van der Waals surface area contributed by atoms with Gasteiger partial charge in [-0.05, 0) is 56.0 Å². The topological polar surface area (TPSA) is 66.4 Å². The summed E-state index contributed by atoms with van der Waals surface area (Å²) >= 11 is 1.29. The third kappa shape index (κ3) is 4.86. The number of nitrogens with one attached hydrogen (secondary N) is 1. The summed E-state index contributed by atoms with van der Waals surface area (Å²) < 4.78 is 40.4. The number of anilines is 1. The fourth-order valence-electron chi connectivity index (χ4n) is 3.12. The first kappa shape index (κ1) is 20.3. The number of carboxylic acid groups (broad SMARTS) is 1. The zero-order chi connectivity index (χ0) is 20.3. The van der Waals surface area contributed by atoms with Crippen LogP contribution in [0, 0.1) is 23.4 Å². The number of aliphatic carboxylic acids is 1. The van der Waals surface area contributed by atoms with Crippen molar-refractivity contribution in [1.82, 2.24) is 0 Å². The second kappa shape index (κ2) is 8.68. The normalized spacial score (nSPS) is 19.2. The molecule has 0 saturated heterocycles. The molecule has 1 fully saturated rings. The van der Waals surface area contributed by atoms with Crippen LogP contribution < -0.4 is 5.32 Å². The van der Waals surface area contributed by atoms with Gasteiger partial charge in [0.05, 0.1) is 5.92 Å². The highest BCUT2D eigenvalue weighted by Gasteiger charge is 2.27. The Morgan fingerprint density at radius 2 is 1.61 bits per heavy atom. The maximum atomic E-state index is 14.2. The van der Waals surface area contributed by atoms with Crippen molar-refractivity contribution in [2.75, 3.05) is 5.32 Å². The summed E-state index contributed by atoms with van der Waals surface area (Å²) in [6.45, 7) is 0. The highest BCUT2D eigenvalue weighted by Crippen LogP contribution is 2.37. The van der Waals surface area contributed by atoms with E-state index < -0.39 is 29.3 Å². The number of thioether (sulfide) groups is 1. The SMILES string of the molecule is O=C(Nc1ccc(F)c(F)c1)c1ccc(F)c(SC2CCC(C(=O)O)CC2)c1. The third-order valence-electron chi connectivity index (χ3n) is 4.69. The molecule has 0 bridgehead atoms. The van der Waals surface area contributed by atoms with Gasteiger partial charge >= 0.3 is 5.97 Å². The Bertz CT molecular complexity index is 898. The number of hydrogen-bond donors (Lipinski definition) is 2. The molecule has 148 valence electrons. The molecule has 1 saturated carbocycles. The van der Waals surface area contributed by atoms with E-state index in [0.717, 1.165) is 12.1 Å². The van der Waals surface area contributed by atoms with Crippen LogP contribution in [-0.4, -0.2) is 22.2 Å². The Morgan fingerprint density at radius 1 is 0.929 bits per heavy atom. The van der Waals surface area contributed by atoms with Gasteiger partial charge < -0.3 is 10.4 Å². The predicted molar refractivity (Wildman–Crippen MR) is 100.0 cm³/mol. The van der Waals surface area contributed by atoms with Crippen LogP contribution in [0.4, 0.5) is 18.9 Å². The lowest BCUT2D eigenvalue weighted by Gasteiger charge is -2.25. The zero-order valence-corrected chi connectivity index (χ0v) is 15.6. The fraction of sp³-hybridized carbons (Fsp3) is 0.300. The minimum Gasteiger partial charge on any atom is -0.481 e. The maximum absolute atomic E-state index is 14.2. The van der Waals surface area contributed by atoms with E-state index in [4.69, 9.17) is 5.11 Å². The van der Waals surface area contributed by atoms with Gasteiger partial charge in [0.25, 0.3) is 5.91 Å². The van der Waals surface area contributed by atoms with Gasteiger partial charge in [-0.1, -0.05) is 0 Å². The molecule has 0 atom stereocenters. The summed E-state index contributed by atoms with van der Waals surface area (Å²) in [6.07, 6.45) is 2.41. The van der Waals surface area contributed by atoms with Crippen LogP contribution in [0.25, 0.3) is 0 Å². The largest absolute Gasteiger partial charge is 0.481 e. The molecule has 0 aliphatic heterocycles. The molecule has 0 radical (unpaired) electrons. The Labute approximate surface area is 164 Å². The smallest absolute Gasteiger partial charge is 0.306 e. The molecule has 4 nitrogen and oxygen atoms in total. The van der Waals surface area contributed by atoms with Crippen LogP contribution in [0.1, 0.15) is 36.0 Å². The van der Waals surface area contributed by atoms with Crippen LogP contribution in [0.3, 0.4) is 0 Å². The number of amides is 1. The van der Waals surface area contributed by atoms with Gasteiger partial charge in [-0.2, -0.15) is 0 Å². The van der Waals surface area contributed by atoms with Gasteiger partial charge in [-0.25, -0.2) is 13.2 Å². The first-order chi connectivity index (χ1) is 13.3. The minimum atomic E-state index is -1.08. The molecule has 0 spiro atoms. The first-order valence-electron chi connectivity index (χ1n) is 8.79. The van der Waals surface area contributed by atoms with Gasteiger partial charge in [-0.3, -0.25) is 9.59 Å². The summed E-state index contributed by atoms with van der Waals surface area (Å²) in [7, 11) is 0. The van der Waals surface area contributed by atoms with Crippen molar-refractivity contribution in [3.63, 3.8) is 0 Å². The van der Waals surface area contributed by atoms with E-state index in [2.05, 4.69) is 5.32 Å². The molecule has 0 unspecified atom stereocenters. The predicted octanol–water partition coefficient (Wildman–Crippen LogP) is 5.09. The Kier molecular flexibility index (Phi) is 6.28. The molecular formula is C20H18F3NO3S. The van der Waals surface area contributed by atoms with E-state index in [0.29, 0.717) is 30.6 Å². The molecule has 28 heavy (non-hydrogen) atoms. The second-order valence-corrected chi connectivity index (χ2v) is 8.00. The molecule has 1 aliphatic carbocycles. The van der Waals surface area contributed by atoms with Crippen LogP contribution in [0.2, 0.25) is 0 Å². The van der Waals surface area contributed by atoms with Crippen LogP contribution >= 0.6 is 11.8 Å². The number of halogens is 3. The van der Waals surface area contributed by atoms with Crippen molar-refractivity contribution in [3.05, 3.63) is 59.4 Å². The summed E-state index contributed by atoms with van der Waals surface area (Å²) in [6, 6.07) is 6.92. The van der Waals surface area contributed by atoms with Crippen LogP contribution in [0.5, 0.6) is 0 Å². The lowest BCUT2D eigenvalue weighted by atomic mass is 9.89. The zero-order valence-electron chi connectivity index (χ0n) is 14.8. The highest BCUT2D eigenvalue weighted by atomic mass is 32.2. The van der Waals surface area contributed by atoms with Crippen LogP contribution in [0.15, 0.2) is 41.3 Å². The van der Waals surface area contributed by atoms with E-state index in [1.807, 2.05) is 0 Å². The van der Waals surface area contributed by atoms with E-state index in [1.165, 1.54) is 36.0 Å². The van der Waals surface area contributed by atoms with Crippen molar-refractivity contribution >= 4 is 29.3 Å². The standard InChI is InChI=1S/C20H18F3NO3S/c21-15-8-4-13(10-17(15)23)24-19(25)12-3-7-16(22)18(9-12)28-14-5-1-11(2-6-14)20(26)27/h3-4,7-11,14H,1-2,5-6H2,(H,24,25)(H,26,27). The number of benzene rings is 2. The number of rotatable bonds is 5. The molecule has 2 aromatic rings. The second-order valence-electron chi connectivity index (χ2n) is 6.66. The van der Waals surface area contributed by atoms with Gasteiger partial charge in [0, 0.05) is 27.5 Å². The maximum Gasteiger partial charge on any atom is 0.306 e. The highest BCUT2D eigenvalue weighted by molar-refractivity contribution is 8.00.